The average Bonchev–Trinajstić information content (AvgIpc) is 2.78. The van der Waals surface area contributed by atoms with Gasteiger partial charge in [0.15, 0.2) is 0 Å². The van der Waals surface area contributed by atoms with E-state index in [0.717, 1.165) is 24.0 Å². The number of esters is 1. The zero-order valence-corrected chi connectivity index (χ0v) is 21.3. The monoisotopic (exact) mass is 485 g/mol. The Bertz CT molecular complexity index is 1030. The molecule has 1 aliphatic rings. The van der Waals surface area contributed by atoms with Gasteiger partial charge in [0.25, 0.3) is 0 Å². The van der Waals surface area contributed by atoms with Crippen LogP contribution in [-0.2, 0) is 19.0 Å². The number of hydrogen-bond acceptors (Lipinski definition) is 5. The summed E-state index contributed by atoms with van der Waals surface area (Å²) in [5.41, 5.74) is 2.23. The maximum Gasteiger partial charge on any atom is 0.410 e. The van der Waals surface area contributed by atoms with Crippen molar-refractivity contribution < 1.29 is 28.2 Å². The molecule has 2 aromatic rings. The lowest BCUT2D eigenvalue weighted by Gasteiger charge is -2.38. The first-order chi connectivity index (χ1) is 16.6. The molecule has 1 saturated heterocycles. The van der Waals surface area contributed by atoms with Crippen LogP contribution in [0.15, 0.2) is 42.5 Å². The minimum absolute atomic E-state index is 0.156. The number of aryl methyl sites for hydroxylation is 1. The van der Waals surface area contributed by atoms with Crippen molar-refractivity contribution in [2.45, 2.75) is 59.2 Å². The molecule has 7 heteroatoms. The number of piperidine rings is 1. The third-order valence-corrected chi connectivity index (χ3v) is 5.88. The number of carbonyl (C=O) groups is 2. The molecule has 0 saturated carbocycles. The number of nitrogens with zero attached hydrogens (tertiary/aromatic N) is 1. The highest BCUT2D eigenvalue weighted by atomic mass is 19.1. The van der Waals surface area contributed by atoms with Crippen molar-refractivity contribution in [3.8, 4) is 11.1 Å². The predicted molar refractivity (Wildman–Crippen MR) is 132 cm³/mol. The molecule has 0 aliphatic carbocycles. The van der Waals surface area contributed by atoms with Crippen LogP contribution >= 0.6 is 0 Å². The molecule has 2 unspecified atom stereocenters. The smallest absolute Gasteiger partial charge is 0.410 e. The fraction of sp³-hybridized carbons (Fsp3) is 0.500. The van der Waals surface area contributed by atoms with E-state index in [1.807, 2.05) is 58.0 Å². The van der Waals surface area contributed by atoms with Gasteiger partial charge in [0, 0.05) is 24.6 Å². The standard InChI is InChI=1S/C28H36FNO5/c1-6-33-24(31)18-34-26(21-12-9-15-30(17-21)27(32)35-28(3,4)5)22-13-8-14-23(29)25(22)20-11-7-10-19(2)16-20/h7-8,10-11,13-14,16,21,26H,6,9,12,15,17-18H2,1-5H3. The van der Waals surface area contributed by atoms with Crippen molar-refractivity contribution in [1.29, 1.82) is 0 Å². The lowest BCUT2D eigenvalue weighted by molar-refractivity contribution is -0.152. The zero-order chi connectivity index (χ0) is 25.6. The van der Waals surface area contributed by atoms with Crippen LogP contribution in [0.3, 0.4) is 0 Å². The molecule has 1 amide bonds. The van der Waals surface area contributed by atoms with E-state index in [0.29, 0.717) is 24.2 Å². The summed E-state index contributed by atoms with van der Waals surface area (Å²) in [5, 5.41) is 0. The van der Waals surface area contributed by atoms with Gasteiger partial charge in [-0.05, 0) is 64.7 Å². The molecule has 0 spiro atoms. The van der Waals surface area contributed by atoms with Crippen LogP contribution in [0.1, 0.15) is 57.8 Å². The Morgan fingerprint density at radius 2 is 1.91 bits per heavy atom. The second-order valence-electron chi connectivity index (χ2n) is 9.94. The molecule has 35 heavy (non-hydrogen) atoms. The quantitative estimate of drug-likeness (QED) is 0.446. The second-order valence-corrected chi connectivity index (χ2v) is 9.94. The van der Waals surface area contributed by atoms with E-state index in [2.05, 4.69) is 0 Å². The molecule has 0 N–H and O–H groups in total. The molecule has 0 aromatic heterocycles. The molecule has 1 heterocycles. The van der Waals surface area contributed by atoms with Crippen LogP contribution in [-0.4, -0.2) is 48.9 Å². The number of likely N-dealkylation sites (tertiary alicyclic amines) is 1. The third-order valence-electron chi connectivity index (χ3n) is 5.88. The Balaban J connectivity index is 1.97. The lowest BCUT2D eigenvalue weighted by atomic mass is 9.84. The van der Waals surface area contributed by atoms with E-state index in [1.165, 1.54) is 6.07 Å². The van der Waals surface area contributed by atoms with Crippen molar-refractivity contribution in [3.63, 3.8) is 0 Å². The lowest BCUT2D eigenvalue weighted by Crippen LogP contribution is -2.44. The van der Waals surface area contributed by atoms with Gasteiger partial charge in [-0.15, -0.1) is 0 Å². The molecule has 1 fully saturated rings. The Morgan fingerprint density at radius 3 is 2.60 bits per heavy atom. The van der Waals surface area contributed by atoms with E-state index in [4.69, 9.17) is 14.2 Å². The van der Waals surface area contributed by atoms with Crippen molar-refractivity contribution in [1.82, 2.24) is 4.90 Å². The van der Waals surface area contributed by atoms with Crippen molar-refractivity contribution >= 4 is 12.1 Å². The van der Waals surface area contributed by atoms with Gasteiger partial charge < -0.3 is 19.1 Å². The Labute approximate surface area is 207 Å². The van der Waals surface area contributed by atoms with Crippen LogP contribution in [0.25, 0.3) is 11.1 Å². The zero-order valence-electron chi connectivity index (χ0n) is 21.3. The first-order valence-corrected chi connectivity index (χ1v) is 12.2. The summed E-state index contributed by atoms with van der Waals surface area (Å²) in [6.45, 7) is 10.1. The summed E-state index contributed by atoms with van der Waals surface area (Å²) in [6, 6.07) is 12.6. The number of hydrogen-bond donors (Lipinski definition) is 0. The maximum absolute atomic E-state index is 15.3. The summed E-state index contributed by atoms with van der Waals surface area (Å²) in [5.74, 6) is -1.00. The van der Waals surface area contributed by atoms with Gasteiger partial charge >= 0.3 is 12.1 Å². The highest BCUT2D eigenvalue weighted by Crippen LogP contribution is 2.39. The number of rotatable bonds is 7. The molecule has 0 bridgehead atoms. The summed E-state index contributed by atoms with van der Waals surface area (Å²) in [6.07, 6.45) is 0.509. The first-order valence-electron chi connectivity index (χ1n) is 12.2. The van der Waals surface area contributed by atoms with Gasteiger partial charge in [0.1, 0.15) is 18.0 Å². The number of benzene rings is 2. The fourth-order valence-corrected chi connectivity index (χ4v) is 4.47. The minimum Gasteiger partial charge on any atom is -0.464 e. The average molecular weight is 486 g/mol. The van der Waals surface area contributed by atoms with Gasteiger partial charge in [0.05, 0.1) is 12.7 Å². The number of carbonyl (C=O) groups excluding carboxylic acids is 2. The van der Waals surface area contributed by atoms with Crippen LogP contribution in [0.5, 0.6) is 0 Å². The van der Waals surface area contributed by atoms with Gasteiger partial charge in [0.2, 0.25) is 0 Å². The normalized spacial score (nSPS) is 17.1. The molecule has 6 nitrogen and oxygen atoms in total. The highest BCUT2D eigenvalue weighted by molar-refractivity contribution is 5.72. The molecular weight excluding hydrogens is 449 g/mol. The molecule has 2 atom stereocenters. The predicted octanol–water partition coefficient (Wildman–Crippen LogP) is 6.07. The van der Waals surface area contributed by atoms with E-state index in [-0.39, 0.29) is 31.0 Å². The molecular formula is C28H36FNO5. The Kier molecular flexibility index (Phi) is 8.89. The Hall–Kier alpha value is -2.93. The van der Waals surface area contributed by atoms with Gasteiger partial charge in [-0.2, -0.15) is 0 Å². The van der Waals surface area contributed by atoms with Crippen LogP contribution < -0.4 is 0 Å². The first kappa shape index (κ1) is 26.7. The summed E-state index contributed by atoms with van der Waals surface area (Å²) >= 11 is 0. The van der Waals surface area contributed by atoms with E-state index < -0.39 is 17.7 Å². The number of ether oxygens (including phenoxy) is 3. The molecule has 3 rings (SSSR count). The fourth-order valence-electron chi connectivity index (χ4n) is 4.47. The second kappa shape index (κ2) is 11.7. The number of halogens is 1. The van der Waals surface area contributed by atoms with E-state index in [1.54, 1.807) is 17.9 Å². The van der Waals surface area contributed by atoms with Gasteiger partial charge in [-0.3, -0.25) is 0 Å². The third kappa shape index (κ3) is 7.28. The number of amides is 1. The molecule has 190 valence electrons. The molecule has 1 aliphatic heterocycles. The van der Waals surface area contributed by atoms with Crippen molar-refractivity contribution in [2.75, 3.05) is 26.3 Å². The van der Waals surface area contributed by atoms with E-state index >= 15 is 4.39 Å². The highest BCUT2D eigenvalue weighted by Gasteiger charge is 2.35. The molecule has 0 radical (unpaired) electrons. The SMILES string of the molecule is CCOC(=O)COC(c1cccc(F)c1-c1cccc(C)c1)C1CCCN(C(=O)OC(C)(C)C)C1. The topological polar surface area (TPSA) is 65.1 Å². The largest absolute Gasteiger partial charge is 0.464 e. The van der Waals surface area contributed by atoms with E-state index in [9.17, 15) is 9.59 Å². The maximum atomic E-state index is 15.3. The Morgan fingerprint density at radius 1 is 1.17 bits per heavy atom. The van der Waals surface area contributed by atoms with Crippen molar-refractivity contribution in [3.05, 3.63) is 59.4 Å². The van der Waals surface area contributed by atoms with Crippen molar-refractivity contribution in [2.24, 2.45) is 5.92 Å². The minimum atomic E-state index is -0.615. The van der Waals surface area contributed by atoms with Crippen LogP contribution in [0, 0.1) is 18.7 Å². The van der Waals surface area contributed by atoms with Crippen LogP contribution in [0.4, 0.5) is 9.18 Å². The van der Waals surface area contributed by atoms with Gasteiger partial charge in [-0.1, -0.05) is 42.0 Å². The molecule has 2 aromatic carbocycles. The summed E-state index contributed by atoms with van der Waals surface area (Å²) in [4.78, 5) is 26.6. The van der Waals surface area contributed by atoms with Gasteiger partial charge in [-0.25, -0.2) is 14.0 Å². The summed E-state index contributed by atoms with van der Waals surface area (Å²) < 4.78 is 32.1. The van der Waals surface area contributed by atoms with Crippen LogP contribution in [0.2, 0.25) is 0 Å². The summed E-state index contributed by atoms with van der Waals surface area (Å²) in [7, 11) is 0.